The number of rotatable bonds is 7. The van der Waals surface area contributed by atoms with Crippen LogP contribution in [0, 0.1) is 11.8 Å². The Morgan fingerprint density at radius 2 is 1.90 bits per heavy atom. The third-order valence-electron chi connectivity index (χ3n) is 4.62. The zero-order chi connectivity index (χ0) is 15.4. The second-order valence-corrected chi connectivity index (χ2v) is 6.20. The molecule has 21 heavy (non-hydrogen) atoms. The SMILES string of the molecule is CCC(C)C(=O)N(Cc1ccc(OC)cc1)C(C)C1CC1. The molecule has 0 spiro atoms. The third kappa shape index (κ3) is 3.99. The molecule has 0 saturated heterocycles. The first-order chi connectivity index (χ1) is 10.1. The number of carbonyl (C=O) groups excluding carboxylic acids is 1. The van der Waals surface area contributed by atoms with Crippen molar-refractivity contribution in [3.8, 4) is 5.75 Å². The smallest absolute Gasteiger partial charge is 0.225 e. The van der Waals surface area contributed by atoms with Crippen LogP contribution in [0.4, 0.5) is 0 Å². The fourth-order valence-corrected chi connectivity index (χ4v) is 2.64. The fourth-order valence-electron chi connectivity index (χ4n) is 2.64. The van der Waals surface area contributed by atoms with E-state index in [1.807, 2.05) is 19.1 Å². The Morgan fingerprint density at radius 3 is 2.38 bits per heavy atom. The predicted octanol–water partition coefficient (Wildman–Crippen LogP) is 3.87. The monoisotopic (exact) mass is 289 g/mol. The van der Waals surface area contributed by atoms with Gasteiger partial charge in [0.25, 0.3) is 0 Å². The van der Waals surface area contributed by atoms with Gasteiger partial charge in [-0.15, -0.1) is 0 Å². The summed E-state index contributed by atoms with van der Waals surface area (Å²) in [5, 5.41) is 0. The van der Waals surface area contributed by atoms with E-state index in [0.717, 1.165) is 12.2 Å². The highest BCUT2D eigenvalue weighted by Gasteiger charge is 2.35. The van der Waals surface area contributed by atoms with E-state index in [1.165, 1.54) is 18.4 Å². The molecule has 1 aliphatic carbocycles. The maximum absolute atomic E-state index is 12.7. The summed E-state index contributed by atoms with van der Waals surface area (Å²) in [6.45, 7) is 7.01. The molecule has 1 fully saturated rings. The van der Waals surface area contributed by atoms with E-state index < -0.39 is 0 Å². The molecule has 3 nitrogen and oxygen atoms in total. The van der Waals surface area contributed by atoms with Crippen LogP contribution in [0.2, 0.25) is 0 Å². The lowest BCUT2D eigenvalue weighted by molar-refractivity contribution is -0.138. The molecule has 0 heterocycles. The van der Waals surface area contributed by atoms with Gasteiger partial charge >= 0.3 is 0 Å². The Kier molecular flexibility index (Phi) is 5.27. The van der Waals surface area contributed by atoms with Gasteiger partial charge < -0.3 is 9.64 Å². The van der Waals surface area contributed by atoms with Gasteiger partial charge in [0.2, 0.25) is 5.91 Å². The van der Waals surface area contributed by atoms with Crippen molar-refractivity contribution < 1.29 is 9.53 Å². The summed E-state index contributed by atoms with van der Waals surface area (Å²) in [6, 6.07) is 8.37. The molecule has 1 aromatic carbocycles. The van der Waals surface area contributed by atoms with E-state index in [9.17, 15) is 4.79 Å². The highest BCUT2D eigenvalue weighted by atomic mass is 16.5. The number of hydrogen-bond donors (Lipinski definition) is 0. The van der Waals surface area contributed by atoms with Crippen molar-refractivity contribution in [1.82, 2.24) is 4.90 Å². The molecule has 0 aromatic heterocycles. The first kappa shape index (κ1) is 15.9. The first-order valence-corrected chi connectivity index (χ1v) is 8.00. The lowest BCUT2D eigenvalue weighted by atomic mass is 10.0. The topological polar surface area (TPSA) is 29.5 Å². The molecule has 0 bridgehead atoms. The van der Waals surface area contributed by atoms with E-state index in [4.69, 9.17) is 4.74 Å². The predicted molar refractivity (Wildman–Crippen MR) is 85.2 cm³/mol. The van der Waals surface area contributed by atoms with E-state index in [-0.39, 0.29) is 11.8 Å². The summed E-state index contributed by atoms with van der Waals surface area (Å²) >= 11 is 0. The zero-order valence-corrected chi connectivity index (χ0v) is 13.6. The third-order valence-corrected chi connectivity index (χ3v) is 4.62. The Labute approximate surface area is 128 Å². The number of ether oxygens (including phenoxy) is 1. The summed E-state index contributed by atoms with van der Waals surface area (Å²) < 4.78 is 5.19. The normalized spacial score (nSPS) is 17.1. The van der Waals surface area contributed by atoms with Crippen LogP contribution >= 0.6 is 0 Å². The Hall–Kier alpha value is -1.51. The van der Waals surface area contributed by atoms with Gasteiger partial charge in [0.05, 0.1) is 7.11 Å². The molecule has 1 aliphatic rings. The molecule has 0 N–H and O–H groups in total. The molecule has 0 aliphatic heterocycles. The quantitative estimate of drug-likeness (QED) is 0.762. The van der Waals surface area contributed by atoms with Gasteiger partial charge in [0.15, 0.2) is 0 Å². The van der Waals surface area contributed by atoms with Crippen LogP contribution in [0.25, 0.3) is 0 Å². The van der Waals surface area contributed by atoms with Crippen LogP contribution < -0.4 is 4.74 Å². The molecule has 2 rings (SSSR count). The summed E-state index contributed by atoms with van der Waals surface area (Å²) in [7, 11) is 1.67. The minimum Gasteiger partial charge on any atom is -0.497 e. The van der Waals surface area contributed by atoms with E-state index >= 15 is 0 Å². The van der Waals surface area contributed by atoms with Crippen LogP contribution in [-0.4, -0.2) is 24.0 Å². The lowest BCUT2D eigenvalue weighted by Crippen LogP contribution is -2.42. The van der Waals surface area contributed by atoms with E-state index in [1.54, 1.807) is 7.11 Å². The standard InChI is InChI=1S/C18H27NO2/c1-5-13(2)18(20)19(14(3)16-8-9-16)12-15-6-10-17(21-4)11-7-15/h6-7,10-11,13-14,16H,5,8-9,12H2,1-4H3. The van der Waals surface area contributed by atoms with Crippen LogP contribution in [0.15, 0.2) is 24.3 Å². The highest BCUT2D eigenvalue weighted by molar-refractivity contribution is 5.78. The molecule has 116 valence electrons. The van der Waals surface area contributed by atoms with Gasteiger partial charge in [-0.3, -0.25) is 4.79 Å². The number of nitrogens with zero attached hydrogens (tertiary/aromatic N) is 1. The van der Waals surface area contributed by atoms with Crippen LogP contribution in [0.3, 0.4) is 0 Å². The number of carbonyl (C=O) groups is 1. The number of amides is 1. The van der Waals surface area contributed by atoms with Crippen LogP contribution in [-0.2, 0) is 11.3 Å². The van der Waals surface area contributed by atoms with Crippen LogP contribution in [0.5, 0.6) is 5.75 Å². The summed E-state index contributed by atoms with van der Waals surface area (Å²) in [5.41, 5.74) is 1.17. The molecule has 3 heteroatoms. The average Bonchev–Trinajstić information content (AvgIpc) is 3.36. The maximum Gasteiger partial charge on any atom is 0.225 e. The van der Waals surface area contributed by atoms with Gasteiger partial charge in [0, 0.05) is 18.5 Å². The second-order valence-electron chi connectivity index (χ2n) is 6.20. The van der Waals surface area contributed by atoms with Crippen molar-refractivity contribution in [1.29, 1.82) is 0 Å². The van der Waals surface area contributed by atoms with Crippen molar-refractivity contribution in [3.05, 3.63) is 29.8 Å². The lowest BCUT2D eigenvalue weighted by Gasteiger charge is -2.32. The molecular formula is C18H27NO2. The van der Waals surface area contributed by atoms with Crippen molar-refractivity contribution >= 4 is 5.91 Å². The number of benzene rings is 1. The summed E-state index contributed by atoms with van der Waals surface area (Å²) in [6.07, 6.45) is 3.41. The van der Waals surface area contributed by atoms with Gasteiger partial charge in [-0.05, 0) is 49.8 Å². The summed E-state index contributed by atoms with van der Waals surface area (Å²) in [5.74, 6) is 1.93. The minimum absolute atomic E-state index is 0.101. The van der Waals surface area contributed by atoms with Gasteiger partial charge in [-0.2, -0.15) is 0 Å². The highest BCUT2D eigenvalue weighted by Crippen LogP contribution is 2.36. The molecule has 1 aromatic rings. The van der Waals surface area contributed by atoms with Gasteiger partial charge in [-0.25, -0.2) is 0 Å². The first-order valence-electron chi connectivity index (χ1n) is 8.00. The van der Waals surface area contributed by atoms with Gasteiger partial charge in [0.1, 0.15) is 5.75 Å². The Morgan fingerprint density at radius 1 is 1.29 bits per heavy atom. The molecule has 2 atom stereocenters. The largest absolute Gasteiger partial charge is 0.497 e. The molecule has 2 unspecified atom stereocenters. The van der Waals surface area contributed by atoms with E-state index in [0.29, 0.717) is 18.5 Å². The number of hydrogen-bond acceptors (Lipinski definition) is 2. The number of methoxy groups -OCH3 is 1. The minimum atomic E-state index is 0.101. The van der Waals surface area contributed by atoms with Gasteiger partial charge in [-0.1, -0.05) is 26.0 Å². The fraction of sp³-hybridized carbons (Fsp3) is 0.611. The molecular weight excluding hydrogens is 262 g/mol. The molecule has 1 saturated carbocycles. The van der Waals surface area contributed by atoms with Crippen LogP contribution in [0.1, 0.15) is 45.6 Å². The zero-order valence-electron chi connectivity index (χ0n) is 13.6. The Bertz CT molecular complexity index is 465. The average molecular weight is 289 g/mol. The van der Waals surface area contributed by atoms with Crippen molar-refractivity contribution in [2.75, 3.05) is 7.11 Å². The Balaban J connectivity index is 2.12. The maximum atomic E-state index is 12.7. The van der Waals surface area contributed by atoms with Crippen molar-refractivity contribution in [2.24, 2.45) is 11.8 Å². The summed E-state index contributed by atoms with van der Waals surface area (Å²) in [4.78, 5) is 14.8. The molecule has 0 radical (unpaired) electrons. The van der Waals surface area contributed by atoms with Crippen molar-refractivity contribution in [2.45, 2.75) is 52.6 Å². The van der Waals surface area contributed by atoms with E-state index in [2.05, 4.69) is 30.9 Å². The molecule has 1 amide bonds. The van der Waals surface area contributed by atoms with Crippen molar-refractivity contribution in [3.63, 3.8) is 0 Å². The second kappa shape index (κ2) is 6.97.